The van der Waals surface area contributed by atoms with E-state index in [1.807, 2.05) is 13.0 Å². The number of benzene rings is 1. The van der Waals surface area contributed by atoms with Crippen LogP contribution in [0.4, 0.5) is 19.5 Å². The molecule has 1 amide bonds. The van der Waals surface area contributed by atoms with Crippen molar-refractivity contribution in [1.82, 2.24) is 9.38 Å². The molecule has 1 N–H and O–H groups in total. The van der Waals surface area contributed by atoms with Crippen LogP contribution in [0, 0.1) is 19.7 Å². The Balaban J connectivity index is 2.12. The zero-order valence-corrected chi connectivity index (χ0v) is 12.4. The van der Waals surface area contributed by atoms with Crippen LogP contribution < -0.4 is 5.32 Å². The van der Waals surface area contributed by atoms with Crippen molar-refractivity contribution < 1.29 is 18.7 Å². The smallest absolute Gasteiger partial charge is 0.301 e. The van der Waals surface area contributed by atoms with Crippen molar-refractivity contribution in [3.8, 4) is 11.1 Å². The second kappa shape index (κ2) is 5.68. The number of anilines is 1. The van der Waals surface area contributed by atoms with Crippen molar-refractivity contribution in [2.45, 2.75) is 13.8 Å². The second-order valence-corrected chi connectivity index (χ2v) is 5.11. The van der Waals surface area contributed by atoms with Crippen LogP contribution in [-0.2, 0) is 4.94 Å². The number of aryl methyl sites for hydroxylation is 2. The minimum absolute atomic E-state index is 0.176. The number of hydrogen-bond donors (Lipinski definition) is 1. The molecule has 0 unspecified atom stereocenters. The molecule has 0 aliphatic rings. The highest BCUT2D eigenvalue weighted by molar-refractivity contribution is 5.84. The van der Waals surface area contributed by atoms with Crippen molar-refractivity contribution in [3.05, 3.63) is 53.6 Å². The van der Waals surface area contributed by atoms with Crippen molar-refractivity contribution in [2.75, 3.05) is 5.32 Å². The molecule has 0 bridgehead atoms. The first-order chi connectivity index (χ1) is 11.0. The van der Waals surface area contributed by atoms with Gasteiger partial charge in [0.05, 0.1) is 5.69 Å². The van der Waals surface area contributed by atoms with Crippen molar-refractivity contribution >= 4 is 17.6 Å². The lowest BCUT2D eigenvalue weighted by Gasteiger charge is -2.08. The molecule has 3 rings (SSSR count). The number of amides is 1. The van der Waals surface area contributed by atoms with E-state index in [9.17, 15) is 13.7 Å². The standard InChI is InChI=1S/C16H13F2N3O2/c1-9-4-3-5-12(17)14(9)11-6-7-13-19-15(20-16(22)23-18)10(2)21(13)8-11/h3-8H,1-2H3,(H,20,22). The van der Waals surface area contributed by atoms with Gasteiger partial charge in [-0.05, 0) is 37.6 Å². The van der Waals surface area contributed by atoms with Crippen molar-refractivity contribution in [2.24, 2.45) is 0 Å². The molecule has 1 aromatic carbocycles. The summed E-state index contributed by atoms with van der Waals surface area (Å²) in [5.74, 6) is -0.142. The van der Waals surface area contributed by atoms with E-state index in [1.54, 1.807) is 35.7 Å². The van der Waals surface area contributed by atoms with Gasteiger partial charge in [-0.15, -0.1) is 0 Å². The van der Waals surface area contributed by atoms with E-state index in [4.69, 9.17) is 0 Å². The lowest BCUT2D eigenvalue weighted by Crippen LogP contribution is -2.10. The average molecular weight is 317 g/mol. The molecule has 3 aromatic rings. The van der Waals surface area contributed by atoms with E-state index in [0.29, 0.717) is 22.5 Å². The number of aromatic nitrogens is 2. The normalized spacial score (nSPS) is 10.8. The number of rotatable bonds is 2. The van der Waals surface area contributed by atoms with Gasteiger partial charge in [0, 0.05) is 21.8 Å². The summed E-state index contributed by atoms with van der Waals surface area (Å²) < 4.78 is 27.7. The number of imidazole rings is 1. The third-order valence-corrected chi connectivity index (χ3v) is 3.66. The fourth-order valence-corrected chi connectivity index (χ4v) is 2.54. The number of nitrogens with zero attached hydrogens (tertiary/aromatic N) is 2. The van der Waals surface area contributed by atoms with E-state index in [2.05, 4.69) is 15.2 Å². The molecule has 0 saturated carbocycles. The Morgan fingerprint density at radius 1 is 1.26 bits per heavy atom. The summed E-state index contributed by atoms with van der Waals surface area (Å²) in [5, 5.41) is 2.19. The Bertz CT molecular complexity index is 885. The SMILES string of the molecule is Cc1cccc(F)c1-c1ccc2nc(NC(=O)OF)c(C)n2c1. The maximum Gasteiger partial charge on any atom is 0.450 e. The van der Waals surface area contributed by atoms with E-state index >= 15 is 0 Å². The van der Waals surface area contributed by atoms with Crippen LogP contribution in [0.3, 0.4) is 0 Å². The summed E-state index contributed by atoms with van der Waals surface area (Å²) in [6.07, 6.45) is 0.469. The third kappa shape index (κ3) is 2.61. The largest absolute Gasteiger partial charge is 0.450 e. The highest BCUT2D eigenvalue weighted by Gasteiger charge is 2.14. The second-order valence-electron chi connectivity index (χ2n) is 5.11. The summed E-state index contributed by atoms with van der Waals surface area (Å²) in [6, 6.07) is 8.32. The number of pyridine rings is 1. The number of halogens is 2. The number of nitrogens with one attached hydrogen (secondary N) is 1. The molecular weight excluding hydrogens is 304 g/mol. The predicted molar refractivity (Wildman–Crippen MR) is 81.3 cm³/mol. The highest BCUT2D eigenvalue weighted by atomic mass is 19.3. The summed E-state index contributed by atoms with van der Waals surface area (Å²) >= 11 is 0. The minimum Gasteiger partial charge on any atom is -0.301 e. The topological polar surface area (TPSA) is 55.6 Å². The zero-order valence-electron chi connectivity index (χ0n) is 12.4. The van der Waals surface area contributed by atoms with Gasteiger partial charge in [0.25, 0.3) is 0 Å². The van der Waals surface area contributed by atoms with Gasteiger partial charge in [-0.3, -0.25) is 5.32 Å². The molecule has 0 aliphatic heterocycles. The Morgan fingerprint density at radius 2 is 2.04 bits per heavy atom. The maximum absolute atomic E-state index is 14.1. The lowest BCUT2D eigenvalue weighted by molar-refractivity contribution is -0.0544. The number of hydrogen-bond acceptors (Lipinski definition) is 3. The van der Waals surface area contributed by atoms with E-state index in [0.717, 1.165) is 5.56 Å². The lowest BCUT2D eigenvalue weighted by atomic mass is 10.0. The van der Waals surface area contributed by atoms with Crippen LogP contribution in [0.15, 0.2) is 36.5 Å². The molecule has 7 heteroatoms. The summed E-state index contributed by atoms with van der Waals surface area (Å²) in [7, 11) is 0. The van der Waals surface area contributed by atoms with Crippen LogP contribution in [0.2, 0.25) is 0 Å². The molecule has 0 fully saturated rings. The van der Waals surface area contributed by atoms with Gasteiger partial charge in [0.15, 0.2) is 5.82 Å². The molecular formula is C16H13F2N3O2. The minimum atomic E-state index is -1.25. The molecule has 0 spiro atoms. The van der Waals surface area contributed by atoms with E-state index in [-0.39, 0.29) is 11.6 Å². The molecule has 0 aliphatic carbocycles. The van der Waals surface area contributed by atoms with Gasteiger partial charge in [-0.1, -0.05) is 12.1 Å². The fourth-order valence-electron chi connectivity index (χ4n) is 2.54. The Labute approximate surface area is 130 Å². The monoisotopic (exact) mass is 317 g/mol. The van der Waals surface area contributed by atoms with Crippen LogP contribution in [-0.4, -0.2) is 15.5 Å². The highest BCUT2D eigenvalue weighted by Crippen LogP contribution is 2.28. The molecule has 2 heterocycles. The van der Waals surface area contributed by atoms with Crippen molar-refractivity contribution in [3.63, 3.8) is 0 Å². The van der Waals surface area contributed by atoms with E-state index < -0.39 is 6.09 Å². The Kier molecular flexibility index (Phi) is 3.69. The summed E-state index contributed by atoms with van der Waals surface area (Å²) in [5.41, 5.74) is 3.09. The molecule has 23 heavy (non-hydrogen) atoms. The Morgan fingerprint density at radius 3 is 2.74 bits per heavy atom. The van der Waals surface area contributed by atoms with Crippen molar-refractivity contribution in [1.29, 1.82) is 0 Å². The maximum atomic E-state index is 14.1. The van der Waals surface area contributed by atoms with Gasteiger partial charge < -0.3 is 4.40 Å². The number of carbonyl (C=O) groups is 1. The Hall–Kier alpha value is -2.96. The third-order valence-electron chi connectivity index (χ3n) is 3.66. The van der Waals surface area contributed by atoms with Gasteiger partial charge in [-0.25, -0.2) is 19.1 Å². The summed E-state index contributed by atoms with van der Waals surface area (Å²) in [4.78, 5) is 18.2. The van der Waals surface area contributed by atoms with E-state index in [1.165, 1.54) is 6.07 Å². The van der Waals surface area contributed by atoms with Crippen LogP contribution in [0.25, 0.3) is 16.8 Å². The molecule has 118 valence electrons. The van der Waals surface area contributed by atoms with Crippen LogP contribution >= 0.6 is 0 Å². The predicted octanol–water partition coefficient (Wildman–Crippen LogP) is 4.19. The van der Waals surface area contributed by atoms with Gasteiger partial charge >= 0.3 is 6.09 Å². The fraction of sp³-hybridized carbons (Fsp3) is 0.125. The molecule has 0 atom stereocenters. The number of carbonyl (C=O) groups excluding carboxylic acids is 1. The quantitative estimate of drug-likeness (QED) is 0.771. The average Bonchev–Trinajstić information content (AvgIpc) is 2.83. The molecule has 2 aromatic heterocycles. The van der Waals surface area contributed by atoms with Gasteiger partial charge in [0.2, 0.25) is 0 Å². The first-order valence-corrected chi connectivity index (χ1v) is 6.85. The van der Waals surface area contributed by atoms with Gasteiger partial charge in [-0.2, -0.15) is 0 Å². The zero-order chi connectivity index (χ0) is 16.6. The molecule has 0 radical (unpaired) electrons. The first kappa shape index (κ1) is 15.0. The first-order valence-electron chi connectivity index (χ1n) is 6.85. The van der Waals surface area contributed by atoms with Gasteiger partial charge in [0.1, 0.15) is 11.5 Å². The van der Waals surface area contributed by atoms with Crippen LogP contribution in [0.1, 0.15) is 11.3 Å². The number of fused-ring (bicyclic) bond motifs is 1. The molecule has 5 nitrogen and oxygen atoms in total. The molecule has 0 saturated heterocycles. The summed E-state index contributed by atoms with van der Waals surface area (Å²) in [6.45, 7) is 3.53. The van der Waals surface area contributed by atoms with Crippen LogP contribution in [0.5, 0.6) is 0 Å².